The van der Waals surface area contributed by atoms with Gasteiger partial charge in [-0.2, -0.15) is 0 Å². The summed E-state index contributed by atoms with van der Waals surface area (Å²) in [6.07, 6.45) is 0. The minimum Gasteiger partial charge on any atom is -0.309 e. The monoisotopic (exact) mass is 348 g/mol. The first kappa shape index (κ1) is 18.1. The smallest absolute Gasteiger partial charge is 0.272 e. The van der Waals surface area contributed by atoms with Gasteiger partial charge in [-0.1, -0.05) is 30.3 Å². The molecule has 1 N–H and O–H groups in total. The van der Waals surface area contributed by atoms with Crippen LogP contribution in [-0.4, -0.2) is 25.6 Å². The van der Waals surface area contributed by atoms with Gasteiger partial charge in [-0.25, -0.2) is 8.42 Å². The summed E-state index contributed by atoms with van der Waals surface area (Å²) in [7, 11) is -3.34. The molecule has 0 aliphatic rings. The zero-order chi connectivity index (χ0) is 17.7. The average Bonchev–Trinajstić information content (AvgIpc) is 2.55. The second-order valence-corrected chi connectivity index (χ2v) is 7.72. The van der Waals surface area contributed by atoms with Crippen LogP contribution in [0.1, 0.15) is 24.1 Å². The predicted octanol–water partition coefficient (Wildman–Crippen LogP) is 3.03. The van der Waals surface area contributed by atoms with Crippen molar-refractivity contribution >= 4 is 15.5 Å². The number of benzene rings is 2. The molecule has 0 spiro atoms. The second kappa shape index (κ2) is 7.55. The Balaban J connectivity index is 2.00. The second-order valence-electron chi connectivity index (χ2n) is 5.61. The number of sulfone groups is 1. The van der Waals surface area contributed by atoms with Gasteiger partial charge >= 0.3 is 0 Å². The maximum atomic E-state index is 12.2. The van der Waals surface area contributed by atoms with Crippen LogP contribution in [0.4, 0.5) is 5.69 Å². The fourth-order valence-electron chi connectivity index (χ4n) is 2.37. The number of nitrogens with one attached hydrogen (secondary N) is 1. The number of nitrogens with zero attached hydrogens (tertiary/aromatic N) is 1. The van der Waals surface area contributed by atoms with Gasteiger partial charge in [0, 0.05) is 24.2 Å². The lowest BCUT2D eigenvalue weighted by atomic mass is 10.0. The van der Waals surface area contributed by atoms with E-state index in [4.69, 9.17) is 0 Å². The van der Waals surface area contributed by atoms with Gasteiger partial charge in [0.2, 0.25) is 0 Å². The molecule has 0 bridgehead atoms. The predicted molar refractivity (Wildman–Crippen MR) is 92.7 cm³/mol. The Bertz CT molecular complexity index is 820. The fraction of sp³-hybridized carbons (Fsp3) is 0.294. The molecule has 24 heavy (non-hydrogen) atoms. The minimum atomic E-state index is -3.34. The summed E-state index contributed by atoms with van der Waals surface area (Å²) in [5, 5.41) is 14.1. The first-order valence-electron chi connectivity index (χ1n) is 7.57. The molecule has 0 fully saturated rings. The zero-order valence-corrected chi connectivity index (χ0v) is 14.4. The van der Waals surface area contributed by atoms with Crippen molar-refractivity contribution in [2.24, 2.45) is 0 Å². The Hall–Kier alpha value is -2.25. The molecule has 0 aliphatic heterocycles. The number of rotatable bonds is 7. The highest BCUT2D eigenvalue weighted by molar-refractivity contribution is 7.91. The molecule has 0 radical (unpaired) electrons. The van der Waals surface area contributed by atoms with E-state index < -0.39 is 14.8 Å². The molecule has 0 saturated heterocycles. The normalized spacial score (nSPS) is 12.8. The molecule has 0 saturated carbocycles. The van der Waals surface area contributed by atoms with E-state index in [1.54, 1.807) is 43.3 Å². The quantitative estimate of drug-likeness (QED) is 0.613. The highest BCUT2D eigenvalue weighted by Crippen LogP contribution is 2.23. The molecule has 1 atom stereocenters. The lowest BCUT2D eigenvalue weighted by molar-refractivity contribution is -0.385. The Labute approximate surface area is 141 Å². The van der Waals surface area contributed by atoms with Crippen LogP contribution in [0.5, 0.6) is 0 Å². The largest absolute Gasteiger partial charge is 0.309 e. The number of hydrogen-bond donors (Lipinski definition) is 1. The van der Waals surface area contributed by atoms with E-state index in [1.807, 2.05) is 13.0 Å². The summed E-state index contributed by atoms with van der Waals surface area (Å²) in [4.78, 5) is 10.9. The third kappa shape index (κ3) is 4.39. The first-order chi connectivity index (χ1) is 11.3. The van der Waals surface area contributed by atoms with Gasteiger partial charge in [0.1, 0.15) is 0 Å². The SMILES string of the molecule is Cc1ccc([C@H](C)NCCS(=O)(=O)c2ccccc2)cc1[N+](=O)[O-]. The van der Waals surface area contributed by atoms with Crippen molar-refractivity contribution in [2.45, 2.75) is 24.8 Å². The molecule has 0 unspecified atom stereocenters. The molecule has 2 rings (SSSR count). The summed E-state index contributed by atoms with van der Waals surface area (Å²) in [5.41, 5.74) is 1.42. The van der Waals surface area contributed by atoms with Crippen LogP contribution < -0.4 is 5.32 Å². The molecular weight excluding hydrogens is 328 g/mol. The van der Waals surface area contributed by atoms with Crippen LogP contribution in [0.25, 0.3) is 0 Å². The maximum Gasteiger partial charge on any atom is 0.272 e. The van der Waals surface area contributed by atoms with Crippen molar-refractivity contribution < 1.29 is 13.3 Å². The molecule has 2 aromatic rings. The lowest BCUT2D eigenvalue weighted by Gasteiger charge is -2.14. The van der Waals surface area contributed by atoms with Crippen molar-refractivity contribution in [3.8, 4) is 0 Å². The Morgan fingerprint density at radius 3 is 2.46 bits per heavy atom. The van der Waals surface area contributed by atoms with Crippen LogP contribution in [0.3, 0.4) is 0 Å². The van der Waals surface area contributed by atoms with E-state index in [0.717, 1.165) is 5.56 Å². The number of nitro benzene ring substituents is 1. The third-order valence-electron chi connectivity index (χ3n) is 3.85. The molecule has 2 aromatic carbocycles. The van der Waals surface area contributed by atoms with Gasteiger partial charge in [0.05, 0.1) is 15.6 Å². The average molecular weight is 348 g/mol. The topological polar surface area (TPSA) is 89.3 Å². The minimum absolute atomic E-state index is 0.0324. The number of hydrogen-bond acceptors (Lipinski definition) is 5. The number of aryl methyl sites for hydroxylation is 1. The molecule has 6 nitrogen and oxygen atoms in total. The molecule has 0 aromatic heterocycles. The van der Waals surface area contributed by atoms with Crippen molar-refractivity contribution in [2.75, 3.05) is 12.3 Å². The fourth-order valence-corrected chi connectivity index (χ4v) is 3.56. The van der Waals surface area contributed by atoms with Gasteiger partial charge in [-0.05, 0) is 31.5 Å². The Morgan fingerprint density at radius 2 is 1.83 bits per heavy atom. The molecule has 0 heterocycles. The highest BCUT2D eigenvalue weighted by Gasteiger charge is 2.16. The summed E-state index contributed by atoms with van der Waals surface area (Å²) in [6, 6.07) is 13.1. The third-order valence-corrected chi connectivity index (χ3v) is 5.59. The number of nitro groups is 1. The molecule has 0 aliphatic carbocycles. The van der Waals surface area contributed by atoms with E-state index in [1.165, 1.54) is 6.07 Å². The van der Waals surface area contributed by atoms with Gasteiger partial charge in [0.15, 0.2) is 9.84 Å². The van der Waals surface area contributed by atoms with Crippen LogP contribution in [0.15, 0.2) is 53.4 Å². The molecule has 128 valence electrons. The van der Waals surface area contributed by atoms with Gasteiger partial charge in [-0.3, -0.25) is 10.1 Å². The molecular formula is C17H20N2O4S. The van der Waals surface area contributed by atoms with E-state index in [9.17, 15) is 18.5 Å². The zero-order valence-electron chi connectivity index (χ0n) is 13.6. The Morgan fingerprint density at radius 1 is 1.17 bits per heavy atom. The van der Waals surface area contributed by atoms with Gasteiger partial charge < -0.3 is 5.32 Å². The van der Waals surface area contributed by atoms with Crippen LogP contribution in [-0.2, 0) is 9.84 Å². The first-order valence-corrected chi connectivity index (χ1v) is 9.22. The standard InChI is InChI=1S/C17H20N2O4S/c1-13-8-9-15(12-17(13)19(20)21)14(2)18-10-11-24(22,23)16-6-4-3-5-7-16/h3-9,12,14,18H,10-11H2,1-2H3/t14-/m0/s1. The highest BCUT2D eigenvalue weighted by atomic mass is 32.2. The van der Waals surface area contributed by atoms with Gasteiger partial charge in [-0.15, -0.1) is 0 Å². The van der Waals surface area contributed by atoms with Crippen LogP contribution >= 0.6 is 0 Å². The Kier molecular flexibility index (Phi) is 5.69. The van der Waals surface area contributed by atoms with E-state index in [2.05, 4.69) is 5.32 Å². The van der Waals surface area contributed by atoms with Crippen LogP contribution in [0, 0.1) is 17.0 Å². The van der Waals surface area contributed by atoms with Gasteiger partial charge in [0.25, 0.3) is 5.69 Å². The maximum absolute atomic E-state index is 12.2. The van der Waals surface area contributed by atoms with E-state index >= 15 is 0 Å². The summed E-state index contributed by atoms with van der Waals surface area (Å²) in [6.45, 7) is 3.80. The van der Waals surface area contributed by atoms with Crippen molar-refractivity contribution in [1.82, 2.24) is 5.32 Å². The van der Waals surface area contributed by atoms with Crippen molar-refractivity contribution in [3.05, 3.63) is 69.8 Å². The van der Waals surface area contributed by atoms with E-state index in [0.29, 0.717) is 10.5 Å². The van der Waals surface area contributed by atoms with Crippen molar-refractivity contribution in [1.29, 1.82) is 0 Å². The molecule has 7 heteroatoms. The summed E-state index contributed by atoms with van der Waals surface area (Å²) < 4.78 is 24.4. The summed E-state index contributed by atoms with van der Waals surface area (Å²) >= 11 is 0. The van der Waals surface area contributed by atoms with E-state index in [-0.39, 0.29) is 24.0 Å². The summed E-state index contributed by atoms with van der Waals surface area (Å²) in [5.74, 6) is -0.0324. The van der Waals surface area contributed by atoms with Crippen LogP contribution in [0.2, 0.25) is 0 Å². The lowest BCUT2D eigenvalue weighted by Crippen LogP contribution is -2.25. The van der Waals surface area contributed by atoms with Crippen molar-refractivity contribution in [3.63, 3.8) is 0 Å². The molecule has 0 amide bonds.